The molecule has 11 heteroatoms. The molecule has 4 N–H and O–H groups in total. The molecule has 0 aliphatic rings. The van der Waals surface area contributed by atoms with Crippen LogP contribution in [0.2, 0.25) is 0 Å². The third kappa shape index (κ3) is 3.54. The lowest BCUT2D eigenvalue weighted by Crippen LogP contribution is -2.00. The second-order valence-electron chi connectivity index (χ2n) is 5.46. The van der Waals surface area contributed by atoms with Gasteiger partial charge in [0.25, 0.3) is 15.8 Å². The summed E-state index contributed by atoms with van der Waals surface area (Å²) >= 11 is 0. The SMILES string of the molecule is Nc1ccc2c(O)cccc2c1N=Nc1ccc([N+](=O)[O-])cc1S(=O)(=O)O. The van der Waals surface area contributed by atoms with Crippen molar-refractivity contribution in [3.05, 3.63) is 58.6 Å². The zero-order valence-corrected chi connectivity index (χ0v) is 14.3. The molecule has 3 rings (SSSR count). The second kappa shape index (κ2) is 6.63. The number of nitrogens with two attached hydrogens (primary N) is 1. The Morgan fingerprint density at radius 3 is 2.44 bits per heavy atom. The van der Waals surface area contributed by atoms with Crippen LogP contribution in [0, 0.1) is 10.1 Å². The molecule has 0 aliphatic heterocycles. The van der Waals surface area contributed by atoms with E-state index in [1.807, 2.05) is 0 Å². The van der Waals surface area contributed by atoms with Crippen LogP contribution in [0.25, 0.3) is 10.8 Å². The average Bonchev–Trinajstić information content (AvgIpc) is 2.60. The molecule has 3 aromatic rings. The maximum absolute atomic E-state index is 11.5. The number of aromatic hydroxyl groups is 1. The van der Waals surface area contributed by atoms with E-state index < -0.39 is 25.6 Å². The summed E-state index contributed by atoms with van der Waals surface area (Å²) in [6, 6.07) is 10.5. The van der Waals surface area contributed by atoms with Crippen molar-refractivity contribution in [1.29, 1.82) is 0 Å². The Morgan fingerprint density at radius 1 is 1.04 bits per heavy atom. The number of non-ortho nitro benzene ring substituents is 1. The lowest BCUT2D eigenvalue weighted by molar-refractivity contribution is -0.385. The summed E-state index contributed by atoms with van der Waals surface area (Å²) < 4.78 is 32.4. The average molecular weight is 388 g/mol. The van der Waals surface area contributed by atoms with E-state index in [4.69, 9.17) is 5.73 Å². The molecule has 0 saturated carbocycles. The Labute approximate surface area is 152 Å². The number of anilines is 1. The summed E-state index contributed by atoms with van der Waals surface area (Å²) in [5, 5.41) is 29.4. The van der Waals surface area contributed by atoms with Crippen molar-refractivity contribution in [2.24, 2.45) is 10.2 Å². The number of hydrogen-bond donors (Lipinski definition) is 3. The molecule has 0 saturated heterocycles. The molecule has 0 aliphatic carbocycles. The number of nitrogen functional groups attached to an aromatic ring is 1. The lowest BCUT2D eigenvalue weighted by Gasteiger charge is -2.07. The highest BCUT2D eigenvalue weighted by Gasteiger charge is 2.20. The molecule has 0 fully saturated rings. The summed E-state index contributed by atoms with van der Waals surface area (Å²) in [4.78, 5) is 9.26. The fourth-order valence-corrected chi connectivity index (χ4v) is 3.11. The van der Waals surface area contributed by atoms with Gasteiger partial charge in [-0.25, -0.2) is 0 Å². The van der Waals surface area contributed by atoms with Gasteiger partial charge in [-0.1, -0.05) is 12.1 Å². The van der Waals surface area contributed by atoms with E-state index in [9.17, 15) is 28.2 Å². The van der Waals surface area contributed by atoms with Gasteiger partial charge in [-0.3, -0.25) is 14.7 Å². The highest BCUT2D eigenvalue weighted by Crippen LogP contribution is 2.38. The minimum Gasteiger partial charge on any atom is -0.507 e. The molecule has 0 bridgehead atoms. The largest absolute Gasteiger partial charge is 0.507 e. The number of benzene rings is 3. The van der Waals surface area contributed by atoms with Crippen LogP contribution in [0.1, 0.15) is 0 Å². The van der Waals surface area contributed by atoms with Gasteiger partial charge in [0.1, 0.15) is 22.0 Å². The fourth-order valence-electron chi connectivity index (χ4n) is 2.46. The summed E-state index contributed by atoms with van der Waals surface area (Å²) in [6.07, 6.45) is 0. The van der Waals surface area contributed by atoms with Crippen LogP contribution in [0.3, 0.4) is 0 Å². The van der Waals surface area contributed by atoms with Gasteiger partial charge in [-0.05, 0) is 24.3 Å². The minimum absolute atomic E-state index is 0.00193. The highest BCUT2D eigenvalue weighted by molar-refractivity contribution is 7.86. The molecular formula is C16H12N4O6S. The van der Waals surface area contributed by atoms with Crippen molar-refractivity contribution in [3.8, 4) is 5.75 Å². The lowest BCUT2D eigenvalue weighted by atomic mass is 10.1. The third-order valence-corrected chi connectivity index (χ3v) is 4.61. The van der Waals surface area contributed by atoms with Gasteiger partial charge in [-0.2, -0.15) is 8.42 Å². The molecule has 0 heterocycles. The van der Waals surface area contributed by atoms with Gasteiger partial charge >= 0.3 is 0 Å². The van der Waals surface area contributed by atoms with Crippen molar-refractivity contribution < 1.29 is 23.0 Å². The standard InChI is InChI=1S/C16H12N4O6S/c17-12-6-5-10-11(2-1-3-14(10)21)16(12)19-18-13-7-4-9(20(22)23)8-15(13)27(24,25)26/h1-8,21H,17H2,(H,24,25,26). The number of nitrogens with zero attached hydrogens (tertiary/aromatic N) is 3. The molecule has 0 unspecified atom stereocenters. The fraction of sp³-hybridized carbons (Fsp3) is 0. The van der Waals surface area contributed by atoms with Crippen LogP contribution in [-0.2, 0) is 10.1 Å². The van der Waals surface area contributed by atoms with E-state index in [1.54, 1.807) is 18.2 Å². The van der Waals surface area contributed by atoms with Crippen LogP contribution < -0.4 is 5.73 Å². The monoisotopic (exact) mass is 388 g/mol. The molecule has 3 aromatic carbocycles. The molecule has 0 amide bonds. The van der Waals surface area contributed by atoms with E-state index in [2.05, 4.69) is 10.2 Å². The van der Waals surface area contributed by atoms with E-state index in [-0.39, 0.29) is 22.8 Å². The van der Waals surface area contributed by atoms with Crippen LogP contribution in [-0.4, -0.2) is 23.0 Å². The first-order valence-electron chi connectivity index (χ1n) is 7.36. The molecular weight excluding hydrogens is 376 g/mol. The summed E-state index contributed by atoms with van der Waals surface area (Å²) in [5.41, 5.74) is 5.44. The van der Waals surface area contributed by atoms with E-state index in [0.29, 0.717) is 16.8 Å². The zero-order valence-electron chi connectivity index (χ0n) is 13.5. The Morgan fingerprint density at radius 2 is 1.78 bits per heavy atom. The minimum atomic E-state index is -4.78. The van der Waals surface area contributed by atoms with Crippen molar-refractivity contribution in [3.63, 3.8) is 0 Å². The smallest absolute Gasteiger partial charge is 0.297 e. The number of nitro groups is 1. The summed E-state index contributed by atoms with van der Waals surface area (Å²) in [7, 11) is -4.78. The predicted octanol–water partition coefficient (Wildman–Crippen LogP) is 3.70. The number of hydrogen-bond acceptors (Lipinski definition) is 8. The number of phenolic OH excluding ortho intramolecular Hbond substituents is 1. The predicted molar refractivity (Wildman–Crippen MR) is 97.1 cm³/mol. The number of rotatable bonds is 4. The maximum atomic E-state index is 11.5. The third-order valence-electron chi connectivity index (χ3n) is 3.73. The van der Waals surface area contributed by atoms with E-state index in [1.165, 1.54) is 12.1 Å². The normalized spacial score (nSPS) is 11.9. The Bertz CT molecular complexity index is 1210. The van der Waals surface area contributed by atoms with Crippen molar-refractivity contribution in [2.45, 2.75) is 4.90 Å². The van der Waals surface area contributed by atoms with Gasteiger partial charge in [0.05, 0.1) is 10.6 Å². The Hall–Kier alpha value is -3.57. The first-order chi connectivity index (χ1) is 12.7. The number of azo groups is 1. The molecule has 0 atom stereocenters. The number of phenols is 1. The molecule has 0 aromatic heterocycles. The van der Waals surface area contributed by atoms with Crippen molar-refractivity contribution in [2.75, 3.05) is 5.73 Å². The van der Waals surface area contributed by atoms with Crippen molar-refractivity contribution in [1.82, 2.24) is 0 Å². The second-order valence-corrected chi connectivity index (χ2v) is 6.85. The quantitative estimate of drug-likeness (QED) is 0.201. The first kappa shape index (κ1) is 18.2. The maximum Gasteiger partial charge on any atom is 0.297 e. The van der Waals surface area contributed by atoms with Crippen LogP contribution in [0.5, 0.6) is 5.75 Å². The topological polar surface area (TPSA) is 168 Å². The summed E-state index contributed by atoms with van der Waals surface area (Å²) in [5.74, 6) is -0.00193. The van der Waals surface area contributed by atoms with Crippen LogP contribution >= 0.6 is 0 Å². The van der Waals surface area contributed by atoms with Gasteiger partial charge < -0.3 is 10.8 Å². The van der Waals surface area contributed by atoms with Gasteiger partial charge in [-0.15, -0.1) is 10.2 Å². The van der Waals surface area contributed by atoms with Gasteiger partial charge in [0.15, 0.2) is 0 Å². The Kier molecular flexibility index (Phi) is 4.47. The summed E-state index contributed by atoms with van der Waals surface area (Å²) in [6.45, 7) is 0. The Balaban J connectivity index is 2.18. The molecule has 27 heavy (non-hydrogen) atoms. The van der Waals surface area contributed by atoms with Crippen LogP contribution in [0.4, 0.5) is 22.7 Å². The molecule has 0 radical (unpaired) electrons. The molecule has 10 nitrogen and oxygen atoms in total. The van der Waals surface area contributed by atoms with Crippen molar-refractivity contribution >= 4 is 43.6 Å². The number of fused-ring (bicyclic) bond motifs is 1. The molecule has 0 spiro atoms. The zero-order chi connectivity index (χ0) is 19.8. The first-order valence-corrected chi connectivity index (χ1v) is 8.80. The molecule has 138 valence electrons. The van der Waals surface area contributed by atoms with Gasteiger partial charge in [0, 0.05) is 22.9 Å². The van der Waals surface area contributed by atoms with Crippen LogP contribution in [0.15, 0.2) is 63.7 Å². The number of nitro benzene ring substituents is 1. The van der Waals surface area contributed by atoms with E-state index >= 15 is 0 Å². The highest BCUT2D eigenvalue weighted by atomic mass is 32.2. The van der Waals surface area contributed by atoms with Gasteiger partial charge in [0.2, 0.25) is 0 Å². The van der Waals surface area contributed by atoms with E-state index in [0.717, 1.165) is 12.1 Å².